The Hall–Kier alpha value is -6.64. The zero-order valence-corrected chi connectivity index (χ0v) is 40.1. The third-order valence-corrected chi connectivity index (χ3v) is 11.5. The van der Waals surface area contributed by atoms with Crippen molar-refractivity contribution in [3.05, 3.63) is 242 Å². The largest absolute Gasteiger partial charge is 0.305 e. The number of pyridine rings is 2. The first-order valence-corrected chi connectivity index (χ1v) is 21.0. The molecule has 0 aliphatic rings. The third-order valence-electron chi connectivity index (χ3n) is 11.5. The number of rotatable bonds is 9. The van der Waals surface area contributed by atoms with E-state index in [0.29, 0.717) is 0 Å². The fraction of sp³-hybridized carbons (Fsp3) is 0.0333. The Balaban J connectivity index is 0.00000280. The van der Waals surface area contributed by atoms with Gasteiger partial charge in [0.1, 0.15) is 0 Å². The van der Waals surface area contributed by atoms with E-state index in [1.165, 1.54) is 22.3 Å². The van der Waals surface area contributed by atoms with Crippen molar-refractivity contribution in [1.29, 1.82) is 0 Å². The van der Waals surface area contributed by atoms with Gasteiger partial charge in [-0.1, -0.05) is 202 Å². The summed E-state index contributed by atoms with van der Waals surface area (Å²) in [6.45, 7) is 4.37. The molecule has 8 aromatic carbocycles. The van der Waals surface area contributed by atoms with Crippen LogP contribution in [0.5, 0.6) is 0 Å². The normalized spacial score (nSPS) is 10.7. The maximum Gasteiger partial charge on any atom is 0.0160 e. The molecule has 2 heterocycles. The van der Waals surface area contributed by atoms with Crippen LogP contribution in [0.15, 0.2) is 219 Å². The van der Waals surface area contributed by atoms with E-state index in [1.54, 1.807) is 0 Å². The van der Waals surface area contributed by atoms with E-state index >= 15 is 0 Å². The van der Waals surface area contributed by atoms with E-state index in [-0.39, 0.29) is 40.2 Å². The molecule has 2 nitrogen and oxygen atoms in total. The van der Waals surface area contributed by atoms with E-state index in [9.17, 15) is 0 Å². The summed E-state index contributed by atoms with van der Waals surface area (Å²) in [6.07, 6.45) is 3.69. The average molecular weight is 1180 g/mol. The fourth-order valence-electron chi connectivity index (χ4n) is 8.67. The van der Waals surface area contributed by atoms with Crippen LogP contribution in [0.1, 0.15) is 11.1 Å². The molecule has 0 saturated heterocycles. The van der Waals surface area contributed by atoms with Crippen LogP contribution in [0, 0.1) is 26.0 Å². The zero-order chi connectivity index (χ0) is 41.8. The van der Waals surface area contributed by atoms with Crippen LogP contribution in [-0.4, -0.2) is 9.97 Å². The molecule has 0 fully saturated rings. The molecule has 64 heavy (non-hydrogen) atoms. The average Bonchev–Trinajstić information content (AvgIpc) is 3.34. The number of hydrogen-bond donors (Lipinski definition) is 0. The molecule has 0 atom stereocenters. The molecule has 0 aliphatic carbocycles. The second-order valence-electron chi connectivity index (χ2n) is 15.8. The molecule has 0 amide bonds. The van der Waals surface area contributed by atoms with Crippen LogP contribution in [0.4, 0.5) is 0 Å². The van der Waals surface area contributed by atoms with Gasteiger partial charge in [0.05, 0.1) is 0 Å². The molecular formula is C60H42Ir2N2-2. The minimum absolute atomic E-state index is 0. The van der Waals surface area contributed by atoms with Crippen LogP contribution in [0.25, 0.3) is 100 Å². The van der Waals surface area contributed by atoms with Crippen molar-refractivity contribution >= 4 is 0 Å². The van der Waals surface area contributed by atoms with Gasteiger partial charge in [-0.05, 0) is 94.0 Å². The van der Waals surface area contributed by atoms with Gasteiger partial charge in [-0.2, -0.15) is 0 Å². The Bertz CT molecular complexity index is 2980. The van der Waals surface area contributed by atoms with Crippen molar-refractivity contribution in [2.75, 3.05) is 0 Å². The summed E-state index contributed by atoms with van der Waals surface area (Å²) in [4.78, 5) is 9.49. The van der Waals surface area contributed by atoms with Crippen LogP contribution >= 0.6 is 0 Å². The molecule has 0 bridgehead atoms. The van der Waals surface area contributed by atoms with Gasteiger partial charge in [0, 0.05) is 52.6 Å². The molecule has 0 spiro atoms. The minimum Gasteiger partial charge on any atom is -0.305 e. The molecule has 0 unspecified atom stereocenters. The Morgan fingerprint density at radius 3 is 1.16 bits per heavy atom. The van der Waals surface area contributed by atoms with Gasteiger partial charge in [-0.3, -0.25) is 0 Å². The molecule has 4 heteroatoms. The number of nitrogens with zero attached hydrogens (tertiary/aromatic N) is 2. The van der Waals surface area contributed by atoms with Crippen LogP contribution < -0.4 is 0 Å². The summed E-state index contributed by atoms with van der Waals surface area (Å²) in [5, 5.41) is 0. The summed E-state index contributed by atoms with van der Waals surface area (Å²) in [5.41, 5.74) is 21.9. The molecule has 0 N–H and O–H groups in total. The van der Waals surface area contributed by atoms with Crippen molar-refractivity contribution in [1.82, 2.24) is 9.97 Å². The Labute approximate surface area is 403 Å². The van der Waals surface area contributed by atoms with Gasteiger partial charge in [0.25, 0.3) is 0 Å². The predicted octanol–water partition coefficient (Wildman–Crippen LogP) is 15.7. The van der Waals surface area contributed by atoms with E-state index < -0.39 is 0 Å². The Morgan fingerprint density at radius 1 is 0.312 bits per heavy atom. The van der Waals surface area contributed by atoms with Crippen LogP contribution in [-0.2, 0) is 40.2 Å². The van der Waals surface area contributed by atoms with Gasteiger partial charge in [0.2, 0.25) is 0 Å². The number of aromatic nitrogens is 2. The van der Waals surface area contributed by atoms with Gasteiger partial charge in [-0.15, -0.1) is 47.5 Å². The van der Waals surface area contributed by atoms with Gasteiger partial charge >= 0.3 is 0 Å². The van der Waals surface area contributed by atoms with E-state index in [2.05, 4.69) is 208 Å². The molecule has 10 rings (SSSR count). The van der Waals surface area contributed by atoms with Crippen molar-refractivity contribution in [2.45, 2.75) is 13.8 Å². The third kappa shape index (κ3) is 9.20. The minimum atomic E-state index is 0. The second kappa shape index (κ2) is 19.8. The van der Waals surface area contributed by atoms with E-state index in [1.807, 2.05) is 36.7 Å². The first kappa shape index (κ1) is 44.0. The smallest absolute Gasteiger partial charge is 0.0160 e. The van der Waals surface area contributed by atoms with Gasteiger partial charge < -0.3 is 9.97 Å². The Kier molecular flexibility index (Phi) is 13.6. The van der Waals surface area contributed by atoms with Crippen molar-refractivity contribution < 1.29 is 40.2 Å². The number of hydrogen-bond acceptors (Lipinski definition) is 2. The summed E-state index contributed by atoms with van der Waals surface area (Å²) < 4.78 is 0. The van der Waals surface area contributed by atoms with Crippen molar-refractivity contribution in [2.24, 2.45) is 0 Å². The quantitative estimate of drug-likeness (QED) is 0.135. The Morgan fingerprint density at radius 2 is 0.719 bits per heavy atom. The summed E-state index contributed by atoms with van der Waals surface area (Å²) in [5.74, 6) is 0. The SMILES string of the molecule is Cc1cc(C)cc(-c2c(-c3c[c-]c(-c4ccccn4)cc3-c3cccc(-c4ccccc4)c3)cccc2-c2c[c-]c(-c3ccccn3)cc2-c2cccc(-c3ccccc3)c2)c1.[Ir].[Ir]. The standard InChI is InChI=1S/C60H42N2.2Ir/c1-41-34-42(2)36-51(35-41)60-54(52-30-28-49(58-26-9-11-32-61-58)39-56(52)47-22-13-20-45(37-47)43-16-5-3-6-17-43)24-15-25-55(60)53-31-29-50(59-27-10-12-33-62-59)40-57(53)48-23-14-21-46(38-48)44-18-7-4-8-19-44;;/h3-27,30-40H,1-2H3;;/q-2;;. The molecule has 312 valence electrons. The molecule has 10 aromatic rings. The molecular weight excluding hydrogens is 1130 g/mol. The van der Waals surface area contributed by atoms with Crippen molar-refractivity contribution in [3.8, 4) is 100 Å². The number of aryl methyl sites for hydroxylation is 2. The second-order valence-corrected chi connectivity index (χ2v) is 15.8. The summed E-state index contributed by atoms with van der Waals surface area (Å²) >= 11 is 0. The van der Waals surface area contributed by atoms with Gasteiger partial charge in [0.15, 0.2) is 0 Å². The molecule has 0 aliphatic heterocycles. The summed E-state index contributed by atoms with van der Waals surface area (Å²) in [7, 11) is 0. The maximum atomic E-state index is 4.74. The fourth-order valence-corrected chi connectivity index (χ4v) is 8.67. The monoisotopic (exact) mass is 1180 g/mol. The molecule has 2 aromatic heterocycles. The molecule has 2 radical (unpaired) electrons. The molecule has 0 saturated carbocycles. The van der Waals surface area contributed by atoms with Crippen LogP contribution in [0.2, 0.25) is 0 Å². The van der Waals surface area contributed by atoms with Crippen molar-refractivity contribution in [3.63, 3.8) is 0 Å². The summed E-state index contributed by atoms with van der Waals surface area (Å²) in [6, 6.07) is 80.8. The first-order valence-electron chi connectivity index (χ1n) is 21.0. The topological polar surface area (TPSA) is 25.8 Å². The van der Waals surface area contributed by atoms with E-state index in [4.69, 9.17) is 9.97 Å². The van der Waals surface area contributed by atoms with Gasteiger partial charge in [-0.25, -0.2) is 0 Å². The first-order chi connectivity index (χ1) is 30.6. The van der Waals surface area contributed by atoms with E-state index in [0.717, 1.165) is 89.3 Å². The van der Waals surface area contributed by atoms with Crippen LogP contribution in [0.3, 0.4) is 0 Å². The predicted molar refractivity (Wildman–Crippen MR) is 258 cm³/mol. The maximum absolute atomic E-state index is 4.74. The zero-order valence-electron chi connectivity index (χ0n) is 35.3. The number of benzene rings is 8.